The topological polar surface area (TPSA) is 88.8 Å². The Hall–Kier alpha value is -1.21. The van der Waals surface area contributed by atoms with E-state index in [-0.39, 0.29) is 97.1 Å². The minimum atomic E-state index is -1.07. The normalized spacial score (nSPS) is 22.6. The first-order valence-electron chi connectivity index (χ1n) is 16.1. The Labute approximate surface area is 283 Å². The summed E-state index contributed by atoms with van der Waals surface area (Å²) < 4.78 is 28.8. The van der Waals surface area contributed by atoms with E-state index < -0.39 is 17.7 Å². The molecular formula is C35H50FI2NO5-2. The number of aromatic nitrogens is 1. The van der Waals surface area contributed by atoms with Gasteiger partial charge < -0.3 is 4.74 Å². The molecule has 9 heteroatoms. The average Bonchev–Trinajstić information content (AvgIpc) is 3.11. The van der Waals surface area contributed by atoms with Crippen LogP contribution in [0.3, 0.4) is 0 Å². The number of halogens is 3. The number of hydrogen-bond acceptors (Lipinski definition) is 5. The SMILES string of the molecule is CC(C)COC(=O)CC(=O)C[C@H](O)CCn1c(C(C)C)c(O)c(-c2ccccc2)c1C1CCC(F)(C2C[I-]CC[I-]C2)CC1. The Bertz CT molecular complexity index is 1230. The van der Waals surface area contributed by atoms with Gasteiger partial charge in [-0.05, 0) is 5.92 Å². The van der Waals surface area contributed by atoms with Crippen molar-refractivity contribution in [2.24, 2.45) is 11.8 Å². The van der Waals surface area contributed by atoms with E-state index in [4.69, 9.17) is 4.74 Å². The summed E-state index contributed by atoms with van der Waals surface area (Å²) in [6.45, 7) is 8.66. The zero-order chi connectivity index (χ0) is 31.9. The summed E-state index contributed by atoms with van der Waals surface area (Å²) in [6.07, 6.45) is 1.53. The van der Waals surface area contributed by atoms with Gasteiger partial charge in [0, 0.05) is 0 Å². The number of aliphatic hydroxyl groups excluding tert-OH is 1. The number of carbonyl (C=O) groups is 2. The van der Waals surface area contributed by atoms with E-state index in [1.807, 2.05) is 44.2 Å². The van der Waals surface area contributed by atoms with Gasteiger partial charge in [0.1, 0.15) is 12.2 Å². The molecule has 2 aliphatic rings. The molecule has 2 fully saturated rings. The third-order valence-corrected chi connectivity index (χ3v) is 16.9. The summed E-state index contributed by atoms with van der Waals surface area (Å²) in [4.78, 5) is 24.5. The molecule has 0 bridgehead atoms. The molecule has 1 saturated carbocycles. The van der Waals surface area contributed by atoms with Crippen LogP contribution in [-0.2, 0) is 20.9 Å². The number of esters is 1. The van der Waals surface area contributed by atoms with Crippen LogP contribution in [0.25, 0.3) is 11.1 Å². The van der Waals surface area contributed by atoms with E-state index in [1.54, 1.807) is 0 Å². The molecule has 44 heavy (non-hydrogen) atoms. The van der Waals surface area contributed by atoms with Crippen LogP contribution in [0.15, 0.2) is 30.3 Å². The summed E-state index contributed by atoms with van der Waals surface area (Å²) in [6, 6.07) is 9.93. The molecule has 2 N–H and O–H groups in total. The second-order valence-corrected chi connectivity index (χ2v) is 19.3. The van der Waals surface area contributed by atoms with Crippen molar-refractivity contribution in [2.75, 3.05) is 24.3 Å². The molecule has 0 unspecified atom stereocenters. The third kappa shape index (κ3) is 9.20. The molecule has 4 rings (SSSR count). The standard InChI is InChI=1S/C35H50FI2NO5/c1-23(2)22-44-30(42)19-29(41)18-28(40)12-17-39-32(24(3)4)34(43)31(25-8-6-5-7-9-25)33(39)26-10-13-35(36,14-11-26)27-20-37-15-16-38-21-27/h5-9,23-24,26-28,40,43H,10-22H2,1-4H3/q-2/t26?,28-,35?/m1/s1. The summed E-state index contributed by atoms with van der Waals surface area (Å²) >= 11 is 0.260. The number of carbonyl (C=O) groups excluding carboxylic acids is 2. The summed E-state index contributed by atoms with van der Waals surface area (Å²) in [5.74, 6) is -0.104. The number of benzene rings is 1. The number of nitrogens with zero attached hydrogens (tertiary/aromatic N) is 1. The molecule has 1 aliphatic heterocycles. The Balaban J connectivity index is 1.56. The zero-order valence-corrected chi connectivity index (χ0v) is 31.0. The Morgan fingerprint density at radius 2 is 1.70 bits per heavy atom. The number of hydrogen-bond donors (Lipinski definition) is 2. The van der Waals surface area contributed by atoms with Crippen LogP contribution in [0, 0.1) is 11.8 Å². The van der Waals surface area contributed by atoms with Crippen LogP contribution >= 0.6 is 0 Å². The molecule has 1 aromatic heterocycles. The minimum absolute atomic E-state index is 0.0171. The van der Waals surface area contributed by atoms with E-state index in [0.717, 1.165) is 44.2 Å². The van der Waals surface area contributed by atoms with Crippen molar-refractivity contribution in [1.29, 1.82) is 0 Å². The molecule has 1 saturated heterocycles. The van der Waals surface area contributed by atoms with E-state index in [2.05, 4.69) is 18.4 Å². The predicted octanol–water partition coefficient (Wildman–Crippen LogP) is 0.457. The number of ether oxygens (including phenoxy) is 1. The van der Waals surface area contributed by atoms with E-state index in [1.165, 1.54) is 8.86 Å². The maximum atomic E-state index is 16.5. The molecule has 2 aromatic rings. The number of ketones is 1. The first-order chi connectivity index (χ1) is 21.0. The van der Waals surface area contributed by atoms with Crippen LogP contribution in [0.5, 0.6) is 5.75 Å². The molecule has 0 spiro atoms. The fourth-order valence-electron chi connectivity index (χ4n) is 6.58. The van der Waals surface area contributed by atoms with E-state index in [0.29, 0.717) is 25.8 Å². The molecular weight excluding hydrogens is 787 g/mol. The molecule has 0 radical (unpaired) electrons. The molecule has 0 amide bonds. The molecule has 1 aliphatic carbocycles. The summed E-state index contributed by atoms with van der Waals surface area (Å²) in [7, 11) is 0. The van der Waals surface area contributed by atoms with Crippen molar-refractivity contribution < 1.29 is 71.3 Å². The number of rotatable bonds is 13. The fourth-order valence-corrected chi connectivity index (χ4v) is 16.8. The van der Waals surface area contributed by atoms with Gasteiger partial charge in [-0.1, -0.05) is 13.8 Å². The molecule has 1 aromatic carbocycles. The summed E-state index contributed by atoms with van der Waals surface area (Å²) in [5.41, 5.74) is 2.52. The van der Waals surface area contributed by atoms with Crippen LogP contribution in [0.1, 0.15) is 95.9 Å². The number of aromatic hydroxyl groups is 1. The quantitative estimate of drug-likeness (QED) is 0.133. The average molecular weight is 838 g/mol. The van der Waals surface area contributed by atoms with Crippen LogP contribution in [0.2, 0.25) is 0 Å². The Morgan fingerprint density at radius 3 is 2.30 bits per heavy atom. The summed E-state index contributed by atoms with van der Waals surface area (Å²) in [5, 5.41) is 22.6. The van der Waals surface area contributed by atoms with Crippen molar-refractivity contribution >= 4 is 11.8 Å². The van der Waals surface area contributed by atoms with Crippen LogP contribution in [-0.4, -0.2) is 62.6 Å². The fraction of sp³-hybridized carbons (Fsp3) is 0.657. The molecule has 248 valence electrons. The van der Waals surface area contributed by atoms with Crippen LogP contribution < -0.4 is 42.4 Å². The zero-order valence-electron chi connectivity index (χ0n) is 26.7. The van der Waals surface area contributed by atoms with Crippen molar-refractivity contribution in [2.45, 2.75) is 103 Å². The predicted molar refractivity (Wildman–Crippen MR) is 164 cm³/mol. The van der Waals surface area contributed by atoms with E-state index >= 15 is 4.39 Å². The molecule has 1 atom stereocenters. The number of aliphatic hydroxyl groups is 1. The van der Waals surface area contributed by atoms with Gasteiger partial charge in [-0.25, -0.2) is 0 Å². The monoisotopic (exact) mass is 837 g/mol. The van der Waals surface area contributed by atoms with E-state index in [9.17, 15) is 19.8 Å². The van der Waals surface area contributed by atoms with Gasteiger partial charge in [-0.3, -0.25) is 9.59 Å². The third-order valence-electron chi connectivity index (χ3n) is 8.86. The van der Waals surface area contributed by atoms with Gasteiger partial charge >= 0.3 is 232 Å². The van der Waals surface area contributed by atoms with Gasteiger partial charge in [0.25, 0.3) is 0 Å². The second-order valence-electron chi connectivity index (χ2n) is 13.2. The van der Waals surface area contributed by atoms with Gasteiger partial charge in [-0.2, -0.15) is 0 Å². The second kappa shape index (κ2) is 16.6. The van der Waals surface area contributed by atoms with Crippen LogP contribution in [0.4, 0.5) is 4.39 Å². The molecule has 6 nitrogen and oxygen atoms in total. The van der Waals surface area contributed by atoms with Gasteiger partial charge in [0.05, 0.1) is 6.61 Å². The van der Waals surface area contributed by atoms with Gasteiger partial charge in [-0.15, -0.1) is 0 Å². The van der Waals surface area contributed by atoms with Crippen molar-refractivity contribution in [1.82, 2.24) is 4.57 Å². The number of Topliss-reactive ketones (excluding diaryl/α,β-unsaturated/α-hetero) is 1. The van der Waals surface area contributed by atoms with Gasteiger partial charge in [0.15, 0.2) is 0 Å². The number of alkyl halides is 5. The first kappa shape index (κ1) is 35.6. The van der Waals surface area contributed by atoms with Crippen molar-refractivity contribution in [3.63, 3.8) is 0 Å². The van der Waals surface area contributed by atoms with Crippen molar-refractivity contribution in [3.8, 4) is 16.9 Å². The maximum absolute atomic E-state index is 16.5. The Kier molecular flexibility index (Phi) is 13.4. The first-order valence-corrected chi connectivity index (χ1v) is 22.2. The Morgan fingerprint density at radius 1 is 1.07 bits per heavy atom. The molecule has 2 heterocycles. The van der Waals surface area contributed by atoms with Crippen molar-refractivity contribution in [3.05, 3.63) is 41.7 Å². The van der Waals surface area contributed by atoms with Gasteiger partial charge in [0.2, 0.25) is 0 Å².